The molecular formula is C24H23Cl2N5O2S. The Morgan fingerprint density at radius 3 is 2.71 bits per heavy atom. The molecule has 0 aliphatic heterocycles. The highest BCUT2D eigenvalue weighted by Crippen LogP contribution is 2.27. The van der Waals surface area contributed by atoms with E-state index in [1.165, 1.54) is 11.8 Å². The Hall–Kier alpha value is -2.83. The molecular weight excluding hydrogens is 493 g/mol. The Bertz CT molecular complexity index is 1300. The van der Waals surface area contributed by atoms with E-state index in [-0.39, 0.29) is 11.7 Å². The number of rotatable bonds is 8. The van der Waals surface area contributed by atoms with E-state index in [2.05, 4.69) is 21.6 Å². The SMILES string of the molecule is COCc1cc(C)nc(SCC(=O)N/N=C\c2cc(C)n(-c3ccc(Cl)c(Cl)c3)c2C)c1C#N. The number of carbonyl (C=O) groups excluding carboxylic acids is 1. The third-order valence-electron chi connectivity index (χ3n) is 4.97. The number of hydrogen-bond donors (Lipinski definition) is 1. The van der Waals surface area contributed by atoms with E-state index in [1.807, 2.05) is 43.5 Å². The molecule has 1 amide bonds. The number of methoxy groups -OCH3 is 1. The van der Waals surface area contributed by atoms with Gasteiger partial charge in [0.1, 0.15) is 11.1 Å². The highest BCUT2D eigenvalue weighted by molar-refractivity contribution is 8.00. The van der Waals surface area contributed by atoms with Crippen molar-refractivity contribution in [2.75, 3.05) is 12.9 Å². The molecule has 10 heteroatoms. The van der Waals surface area contributed by atoms with E-state index in [0.29, 0.717) is 27.2 Å². The molecule has 2 aromatic heterocycles. The van der Waals surface area contributed by atoms with Crippen LogP contribution in [0.25, 0.3) is 5.69 Å². The lowest BCUT2D eigenvalue weighted by Crippen LogP contribution is -2.20. The summed E-state index contributed by atoms with van der Waals surface area (Å²) in [6.45, 7) is 6.07. The van der Waals surface area contributed by atoms with Gasteiger partial charge in [0.05, 0.1) is 34.2 Å². The van der Waals surface area contributed by atoms with Crippen LogP contribution in [-0.4, -0.2) is 34.5 Å². The van der Waals surface area contributed by atoms with Gasteiger partial charge in [0, 0.05) is 35.4 Å². The van der Waals surface area contributed by atoms with Crippen molar-refractivity contribution in [3.63, 3.8) is 0 Å². The third-order valence-corrected chi connectivity index (χ3v) is 6.69. The maximum Gasteiger partial charge on any atom is 0.250 e. The van der Waals surface area contributed by atoms with E-state index < -0.39 is 0 Å². The van der Waals surface area contributed by atoms with Crippen LogP contribution in [0, 0.1) is 32.1 Å². The second-order valence-corrected chi connectivity index (χ2v) is 9.27. The van der Waals surface area contributed by atoms with E-state index in [4.69, 9.17) is 27.9 Å². The van der Waals surface area contributed by atoms with Crippen molar-refractivity contribution in [1.82, 2.24) is 15.0 Å². The number of aryl methyl sites for hydroxylation is 2. The maximum absolute atomic E-state index is 12.3. The van der Waals surface area contributed by atoms with Gasteiger partial charge in [-0.25, -0.2) is 10.4 Å². The fraction of sp³-hybridized carbons (Fsp3) is 0.250. The molecule has 0 fully saturated rings. The van der Waals surface area contributed by atoms with Gasteiger partial charge in [-0.05, 0) is 56.7 Å². The van der Waals surface area contributed by atoms with Crippen molar-refractivity contribution in [2.24, 2.45) is 5.10 Å². The zero-order chi connectivity index (χ0) is 24.8. The number of carbonyl (C=O) groups is 1. The summed E-state index contributed by atoms with van der Waals surface area (Å²) in [5.41, 5.74) is 8.12. The monoisotopic (exact) mass is 515 g/mol. The minimum atomic E-state index is -0.306. The molecule has 3 rings (SSSR count). The van der Waals surface area contributed by atoms with Crippen molar-refractivity contribution >= 4 is 47.1 Å². The Kier molecular flexibility index (Phi) is 8.75. The fourth-order valence-electron chi connectivity index (χ4n) is 3.48. The normalized spacial score (nSPS) is 11.1. The number of pyridine rings is 1. The molecule has 7 nitrogen and oxygen atoms in total. The fourth-order valence-corrected chi connectivity index (χ4v) is 4.64. The second-order valence-electron chi connectivity index (χ2n) is 7.49. The molecule has 0 spiro atoms. The largest absolute Gasteiger partial charge is 0.380 e. The predicted molar refractivity (Wildman–Crippen MR) is 136 cm³/mol. The first-order valence-corrected chi connectivity index (χ1v) is 12.0. The Morgan fingerprint density at radius 2 is 2.03 bits per heavy atom. The molecule has 34 heavy (non-hydrogen) atoms. The molecule has 0 saturated carbocycles. The van der Waals surface area contributed by atoms with Gasteiger partial charge < -0.3 is 9.30 Å². The zero-order valence-corrected chi connectivity index (χ0v) is 21.5. The molecule has 176 valence electrons. The second kappa shape index (κ2) is 11.5. The number of benzene rings is 1. The van der Waals surface area contributed by atoms with Gasteiger partial charge in [0.25, 0.3) is 0 Å². The van der Waals surface area contributed by atoms with Gasteiger partial charge in [-0.15, -0.1) is 0 Å². The third kappa shape index (κ3) is 5.99. The molecule has 0 radical (unpaired) electrons. The van der Waals surface area contributed by atoms with Crippen LogP contribution in [0.5, 0.6) is 0 Å². The maximum atomic E-state index is 12.3. The topological polar surface area (TPSA) is 92.3 Å². The summed E-state index contributed by atoms with van der Waals surface area (Å²) < 4.78 is 7.19. The van der Waals surface area contributed by atoms with Crippen LogP contribution in [0.2, 0.25) is 10.0 Å². The smallest absolute Gasteiger partial charge is 0.250 e. The quantitative estimate of drug-likeness (QED) is 0.247. The highest BCUT2D eigenvalue weighted by Gasteiger charge is 2.14. The number of nitrogens with one attached hydrogen (secondary N) is 1. The van der Waals surface area contributed by atoms with E-state index in [9.17, 15) is 10.1 Å². The Morgan fingerprint density at radius 1 is 1.26 bits per heavy atom. The first-order valence-electron chi connectivity index (χ1n) is 10.2. The number of nitriles is 1. The molecule has 1 aromatic carbocycles. The summed E-state index contributed by atoms with van der Waals surface area (Å²) in [4.78, 5) is 16.7. The first kappa shape index (κ1) is 25.8. The number of halogens is 2. The average molecular weight is 516 g/mol. The lowest BCUT2D eigenvalue weighted by atomic mass is 10.1. The van der Waals surface area contributed by atoms with Crippen LogP contribution in [0.15, 0.2) is 40.5 Å². The first-order chi connectivity index (χ1) is 16.2. The minimum absolute atomic E-state index is 0.0667. The molecule has 2 heterocycles. The summed E-state index contributed by atoms with van der Waals surface area (Å²) >= 11 is 13.4. The van der Waals surface area contributed by atoms with Gasteiger partial charge in [-0.1, -0.05) is 35.0 Å². The van der Waals surface area contributed by atoms with Gasteiger partial charge in [0.15, 0.2) is 0 Å². The highest BCUT2D eigenvalue weighted by atomic mass is 35.5. The van der Waals surface area contributed by atoms with Crippen molar-refractivity contribution in [2.45, 2.75) is 32.4 Å². The summed E-state index contributed by atoms with van der Waals surface area (Å²) in [5.74, 6) is -0.239. The molecule has 0 atom stereocenters. The molecule has 1 N–H and O–H groups in total. The number of amides is 1. The van der Waals surface area contributed by atoms with Crippen molar-refractivity contribution in [3.8, 4) is 11.8 Å². The van der Waals surface area contributed by atoms with Crippen molar-refractivity contribution in [1.29, 1.82) is 5.26 Å². The molecule has 0 saturated heterocycles. The van der Waals surface area contributed by atoms with E-state index in [0.717, 1.165) is 33.9 Å². The van der Waals surface area contributed by atoms with Crippen LogP contribution >= 0.6 is 35.0 Å². The molecule has 0 aliphatic carbocycles. The summed E-state index contributed by atoms with van der Waals surface area (Å²) in [6, 6.07) is 11.4. The summed E-state index contributed by atoms with van der Waals surface area (Å²) in [7, 11) is 1.57. The van der Waals surface area contributed by atoms with Crippen molar-refractivity contribution in [3.05, 3.63) is 74.1 Å². The lowest BCUT2D eigenvalue weighted by molar-refractivity contribution is -0.118. The number of aromatic nitrogens is 2. The Balaban J connectivity index is 1.67. The van der Waals surface area contributed by atoms with Crippen LogP contribution in [0.1, 0.15) is 33.8 Å². The van der Waals surface area contributed by atoms with Crippen molar-refractivity contribution < 1.29 is 9.53 Å². The zero-order valence-electron chi connectivity index (χ0n) is 19.1. The minimum Gasteiger partial charge on any atom is -0.380 e. The molecule has 0 bridgehead atoms. The number of hydrazone groups is 1. The Labute approximate surface area is 212 Å². The van der Waals surface area contributed by atoms with Crippen LogP contribution in [0.3, 0.4) is 0 Å². The summed E-state index contributed by atoms with van der Waals surface area (Å²) in [6.07, 6.45) is 1.60. The average Bonchev–Trinajstić information content (AvgIpc) is 3.07. The summed E-state index contributed by atoms with van der Waals surface area (Å²) in [5, 5.41) is 15.1. The molecule has 0 aliphatic rings. The number of ether oxygens (including phenoxy) is 1. The van der Waals surface area contributed by atoms with Gasteiger partial charge in [0.2, 0.25) is 5.91 Å². The molecule has 3 aromatic rings. The number of hydrogen-bond acceptors (Lipinski definition) is 6. The van der Waals surface area contributed by atoms with Gasteiger partial charge in [-0.3, -0.25) is 4.79 Å². The van der Waals surface area contributed by atoms with Crippen LogP contribution < -0.4 is 5.43 Å². The standard InChI is InChI=1S/C24H23Cl2N5O2S/c1-14-7-18(12-33-4)20(10-27)24(29-14)34-13-23(32)30-28-11-17-8-15(2)31(16(17)3)19-5-6-21(25)22(26)9-19/h5-9,11H,12-13H2,1-4H3,(H,30,32)/b28-11-. The lowest BCUT2D eigenvalue weighted by Gasteiger charge is -2.10. The van der Waals surface area contributed by atoms with E-state index >= 15 is 0 Å². The van der Waals surface area contributed by atoms with Crippen LogP contribution in [-0.2, 0) is 16.1 Å². The van der Waals surface area contributed by atoms with Crippen LogP contribution in [0.4, 0.5) is 0 Å². The van der Waals surface area contributed by atoms with Gasteiger partial charge >= 0.3 is 0 Å². The van der Waals surface area contributed by atoms with Gasteiger partial charge in [-0.2, -0.15) is 10.4 Å². The predicted octanol–water partition coefficient (Wildman–Crippen LogP) is 5.36. The molecule has 0 unspecified atom stereocenters. The number of nitrogens with zero attached hydrogens (tertiary/aromatic N) is 4. The van der Waals surface area contributed by atoms with E-state index in [1.54, 1.807) is 25.5 Å². The number of thioether (sulfide) groups is 1.